The Labute approximate surface area is 121 Å². The van der Waals surface area contributed by atoms with E-state index in [1.54, 1.807) is 7.11 Å². The van der Waals surface area contributed by atoms with Crippen LogP contribution < -0.4 is 10.6 Å². The van der Waals surface area contributed by atoms with Crippen LogP contribution in [0, 0.1) is 11.3 Å². The number of rotatable bonds is 6. The summed E-state index contributed by atoms with van der Waals surface area (Å²) in [5.41, 5.74) is 0.103. The van der Waals surface area contributed by atoms with E-state index in [0.29, 0.717) is 31.2 Å². The topological polar surface area (TPSA) is 59.6 Å². The van der Waals surface area contributed by atoms with Crippen LogP contribution in [0.5, 0.6) is 0 Å². The third-order valence-electron chi connectivity index (χ3n) is 4.76. The van der Waals surface area contributed by atoms with E-state index in [2.05, 4.69) is 24.5 Å². The van der Waals surface area contributed by atoms with Crippen LogP contribution >= 0.6 is 0 Å². The van der Waals surface area contributed by atoms with Crippen molar-refractivity contribution in [2.75, 3.05) is 26.9 Å². The average Bonchev–Trinajstić information content (AvgIpc) is 2.44. The second kappa shape index (κ2) is 6.41. The van der Waals surface area contributed by atoms with E-state index in [-0.39, 0.29) is 17.4 Å². The van der Waals surface area contributed by atoms with E-state index in [1.165, 1.54) is 6.42 Å². The van der Waals surface area contributed by atoms with Crippen molar-refractivity contribution >= 4 is 5.91 Å². The SMILES string of the molecule is COCCNC(=O)C(C)NC1C2CCCOC2C1(C)C. The molecule has 20 heavy (non-hydrogen) atoms. The molecule has 2 fully saturated rings. The second-order valence-electron chi connectivity index (χ2n) is 6.57. The number of amides is 1. The number of hydrogen-bond acceptors (Lipinski definition) is 4. The van der Waals surface area contributed by atoms with Gasteiger partial charge in [0.1, 0.15) is 0 Å². The predicted molar refractivity (Wildman–Crippen MR) is 77.5 cm³/mol. The van der Waals surface area contributed by atoms with Crippen molar-refractivity contribution in [3.8, 4) is 0 Å². The molecule has 5 heteroatoms. The summed E-state index contributed by atoms with van der Waals surface area (Å²) in [6, 6.07) is 0.176. The van der Waals surface area contributed by atoms with E-state index >= 15 is 0 Å². The molecule has 1 heterocycles. The zero-order chi connectivity index (χ0) is 14.8. The molecular formula is C15H28N2O3. The van der Waals surface area contributed by atoms with Gasteiger partial charge in [-0.2, -0.15) is 0 Å². The third-order valence-corrected chi connectivity index (χ3v) is 4.76. The van der Waals surface area contributed by atoms with Crippen molar-refractivity contribution < 1.29 is 14.3 Å². The van der Waals surface area contributed by atoms with E-state index in [0.717, 1.165) is 13.0 Å². The van der Waals surface area contributed by atoms with E-state index in [9.17, 15) is 4.79 Å². The summed E-state index contributed by atoms with van der Waals surface area (Å²) in [6.07, 6.45) is 2.67. The fourth-order valence-electron chi connectivity index (χ4n) is 3.64. The lowest BCUT2D eigenvalue weighted by molar-refractivity contribution is -0.194. The van der Waals surface area contributed by atoms with Crippen molar-refractivity contribution in [3.05, 3.63) is 0 Å². The molecule has 1 aliphatic heterocycles. The van der Waals surface area contributed by atoms with E-state index < -0.39 is 0 Å². The van der Waals surface area contributed by atoms with Crippen LogP contribution in [0.2, 0.25) is 0 Å². The largest absolute Gasteiger partial charge is 0.383 e. The van der Waals surface area contributed by atoms with Crippen LogP contribution in [-0.4, -0.2) is 51.0 Å². The van der Waals surface area contributed by atoms with Gasteiger partial charge in [0.15, 0.2) is 0 Å². The molecule has 1 saturated heterocycles. The molecule has 2 aliphatic rings. The van der Waals surface area contributed by atoms with Crippen molar-refractivity contribution in [1.82, 2.24) is 10.6 Å². The molecule has 2 rings (SSSR count). The molecule has 0 bridgehead atoms. The van der Waals surface area contributed by atoms with Crippen LogP contribution in [0.4, 0.5) is 0 Å². The average molecular weight is 284 g/mol. The van der Waals surface area contributed by atoms with Gasteiger partial charge in [-0.3, -0.25) is 4.79 Å². The maximum absolute atomic E-state index is 12.0. The lowest BCUT2D eigenvalue weighted by atomic mass is 9.55. The van der Waals surface area contributed by atoms with Crippen LogP contribution in [0.1, 0.15) is 33.6 Å². The minimum Gasteiger partial charge on any atom is -0.383 e. The maximum Gasteiger partial charge on any atom is 0.236 e. The Kier molecular flexibility index (Phi) is 5.04. The highest BCUT2D eigenvalue weighted by Crippen LogP contribution is 2.51. The molecule has 4 atom stereocenters. The Balaban J connectivity index is 1.84. The lowest BCUT2D eigenvalue weighted by Crippen LogP contribution is -2.71. The van der Waals surface area contributed by atoms with Crippen LogP contribution in [0.3, 0.4) is 0 Å². The number of nitrogens with one attached hydrogen (secondary N) is 2. The molecule has 0 aromatic carbocycles. The molecule has 0 aromatic rings. The summed E-state index contributed by atoms with van der Waals surface area (Å²) >= 11 is 0. The highest BCUT2D eigenvalue weighted by atomic mass is 16.5. The number of carbonyl (C=O) groups is 1. The van der Waals surface area contributed by atoms with Gasteiger partial charge >= 0.3 is 0 Å². The fourth-order valence-corrected chi connectivity index (χ4v) is 3.64. The zero-order valence-corrected chi connectivity index (χ0v) is 13.1. The predicted octanol–water partition coefficient (Wildman–Crippen LogP) is 0.931. The van der Waals surface area contributed by atoms with Gasteiger partial charge < -0.3 is 20.1 Å². The molecule has 1 saturated carbocycles. The Morgan fingerprint density at radius 1 is 1.50 bits per heavy atom. The summed E-state index contributed by atoms with van der Waals surface area (Å²) in [4.78, 5) is 12.0. The fraction of sp³-hybridized carbons (Fsp3) is 0.933. The highest BCUT2D eigenvalue weighted by Gasteiger charge is 2.58. The minimum atomic E-state index is -0.181. The Morgan fingerprint density at radius 3 is 2.95 bits per heavy atom. The van der Waals surface area contributed by atoms with Gasteiger partial charge in [0.05, 0.1) is 18.8 Å². The van der Waals surface area contributed by atoms with Crippen LogP contribution in [0.15, 0.2) is 0 Å². The Bertz CT molecular complexity index is 346. The van der Waals surface area contributed by atoms with Gasteiger partial charge in [0.25, 0.3) is 0 Å². The van der Waals surface area contributed by atoms with Gasteiger partial charge in [0, 0.05) is 37.6 Å². The molecule has 1 aliphatic carbocycles. The van der Waals surface area contributed by atoms with Crippen molar-refractivity contribution in [2.24, 2.45) is 11.3 Å². The molecule has 4 unspecified atom stereocenters. The smallest absolute Gasteiger partial charge is 0.236 e. The van der Waals surface area contributed by atoms with Crippen LogP contribution in [0.25, 0.3) is 0 Å². The lowest BCUT2D eigenvalue weighted by Gasteiger charge is -2.60. The quantitative estimate of drug-likeness (QED) is 0.713. The molecule has 0 aromatic heterocycles. The van der Waals surface area contributed by atoms with E-state index in [1.807, 2.05) is 6.92 Å². The second-order valence-corrected chi connectivity index (χ2v) is 6.57. The molecule has 0 radical (unpaired) electrons. The number of hydrogen-bond donors (Lipinski definition) is 2. The summed E-state index contributed by atoms with van der Waals surface area (Å²) in [5, 5.41) is 6.38. The van der Waals surface area contributed by atoms with Crippen molar-refractivity contribution in [3.63, 3.8) is 0 Å². The summed E-state index contributed by atoms with van der Waals surface area (Å²) in [7, 11) is 1.63. The van der Waals surface area contributed by atoms with Gasteiger partial charge in [-0.25, -0.2) is 0 Å². The first-order valence-corrected chi connectivity index (χ1v) is 7.62. The summed E-state index contributed by atoms with van der Waals surface area (Å²) in [6.45, 7) is 8.37. The molecule has 116 valence electrons. The third kappa shape index (κ3) is 3.00. The first-order valence-electron chi connectivity index (χ1n) is 7.62. The first kappa shape index (κ1) is 15.7. The van der Waals surface area contributed by atoms with Gasteiger partial charge in [-0.15, -0.1) is 0 Å². The number of ether oxygens (including phenoxy) is 2. The van der Waals surface area contributed by atoms with E-state index in [4.69, 9.17) is 9.47 Å². The van der Waals surface area contributed by atoms with Gasteiger partial charge in [0.2, 0.25) is 5.91 Å². The summed E-state index contributed by atoms with van der Waals surface area (Å²) in [5.74, 6) is 0.589. The monoisotopic (exact) mass is 284 g/mol. The number of methoxy groups -OCH3 is 1. The molecule has 2 N–H and O–H groups in total. The minimum absolute atomic E-state index is 0.0398. The van der Waals surface area contributed by atoms with Gasteiger partial charge in [-0.05, 0) is 19.8 Å². The molecule has 0 spiro atoms. The van der Waals surface area contributed by atoms with Gasteiger partial charge in [-0.1, -0.05) is 13.8 Å². The Hall–Kier alpha value is -0.650. The van der Waals surface area contributed by atoms with Crippen molar-refractivity contribution in [1.29, 1.82) is 0 Å². The molecule has 5 nitrogen and oxygen atoms in total. The van der Waals surface area contributed by atoms with Crippen LogP contribution in [-0.2, 0) is 14.3 Å². The number of fused-ring (bicyclic) bond motifs is 1. The first-order chi connectivity index (χ1) is 9.48. The standard InChI is InChI=1S/C15H28N2O3/c1-10(14(18)16-7-9-19-4)17-12-11-6-5-8-20-13(11)15(12,2)3/h10-13,17H,5-9H2,1-4H3,(H,16,18). The molecule has 1 amide bonds. The highest BCUT2D eigenvalue weighted by molar-refractivity contribution is 5.81. The molecular weight excluding hydrogens is 256 g/mol. The summed E-state index contributed by atoms with van der Waals surface area (Å²) < 4.78 is 10.8. The Morgan fingerprint density at radius 2 is 2.25 bits per heavy atom. The van der Waals surface area contributed by atoms with Crippen molar-refractivity contribution in [2.45, 2.75) is 51.8 Å². The number of carbonyl (C=O) groups excluding carboxylic acids is 1. The normalized spacial score (nSPS) is 32.9. The maximum atomic E-state index is 12.0. The zero-order valence-electron chi connectivity index (χ0n) is 13.1.